The van der Waals surface area contributed by atoms with Crippen molar-refractivity contribution >= 4 is 40.9 Å². The van der Waals surface area contributed by atoms with Gasteiger partial charge in [-0.2, -0.15) is 0 Å². The maximum Gasteiger partial charge on any atom is 0.237 e. The smallest absolute Gasteiger partial charge is 0.237 e. The van der Waals surface area contributed by atoms with Gasteiger partial charge in [-0.15, -0.1) is 10.2 Å². The first kappa shape index (κ1) is 18.7. The van der Waals surface area contributed by atoms with E-state index in [2.05, 4.69) is 15.5 Å². The molecule has 1 aliphatic rings. The molecule has 1 fully saturated rings. The zero-order chi connectivity index (χ0) is 18.7. The number of anilines is 1. The van der Waals surface area contributed by atoms with Gasteiger partial charge in [-0.1, -0.05) is 29.4 Å². The zero-order valence-electron chi connectivity index (χ0n) is 14.3. The maximum atomic E-state index is 12.5. The summed E-state index contributed by atoms with van der Waals surface area (Å²) in [5.41, 5.74) is 5.92. The van der Waals surface area contributed by atoms with Crippen molar-refractivity contribution in [3.05, 3.63) is 35.1 Å². The van der Waals surface area contributed by atoms with Crippen LogP contribution in [0.15, 0.2) is 29.4 Å². The van der Waals surface area contributed by atoms with Crippen molar-refractivity contribution in [1.29, 1.82) is 0 Å². The Balaban J connectivity index is 1.68. The van der Waals surface area contributed by atoms with Gasteiger partial charge >= 0.3 is 0 Å². The lowest BCUT2D eigenvalue weighted by Gasteiger charge is -2.13. The minimum atomic E-state index is -0.391. The number of rotatable bonds is 8. The predicted molar refractivity (Wildman–Crippen MR) is 101 cm³/mol. The second-order valence-corrected chi connectivity index (χ2v) is 7.99. The van der Waals surface area contributed by atoms with Gasteiger partial charge in [-0.05, 0) is 38.0 Å². The first-order chi connectivity index (χ1) is 12.4. The summed E-state index contributed by atoms with van der Waals surface area (Å²) in [7, 11) is 0. The van der Waals surface area contributed by atoms with Crippen LogP contribution >= 0.6 is 23.4 Å². The van der Waals surface area contributed by atoms with E-state index in [-0.39, 0.29) is 18.2 Å². The minimum Gasteiger partial charge on any atom is -0.370 e. The molecule has 138 valence electrons. The Morgan fingerprint density at radius 1 is 1.42 bits per heavy atom. The second-order valence-electron chi connectivity index (χ2n) is 6.24. The van der Waals surface area contributed by atoms with Crippen molar-refractivity contribution in [3.8, 4) is 0 Å². The molecule has 1 aromatic heterocycles. The lowest BCUT2D eigenvalue weighted by molar-refractivity contribution is -0.118. The van der Waals surface area contributed by atoms with Crippen LogP contribution in [0.4, 0.5) is 5.69 Å². The molecule has 1 unspecified atom stereocenters. The summed E-state index contributed by atoms with van der Waals surface area (Å²) in [6.45, 7) is 2.23. The highest BCUT2D eigenvalue weighted by Gasteiger charge is 2.31. The molecular weight excluding hydrogens is 374 g/mol. The van der Waals surface area contributed by atoms with Crippen molar-refractivity contribution in [2.24, 2.45) is 5.73 Å². The highest BCUT2D eigenvalue weighted by atomic mass is 35.5. The molecule has 1 aliphatic carbocycles. The average Bonchev–Trinajstić information content (AvgIpc) is 3.35. The molecule has 1 saturated carbocycles. The minimum absolute atomic E-state index is 0.158. The second kappa shape index (κ2) is 8.09. The van der Waals surface area contributed by atoms with Gasteiger partial charge in [0.2, 0.25) is 11.8 Å². The van der Waals surface area contributed by atoms with Gasteiger partial charge in [0.1, 0.15) is 5.82 Å². The van der Waals surface area contributed by atoms with Crippen LogP contribution < -0.4 is 11.1 Å². The highest BCUT2D eigenvalue weighted by molar-refractivity contribution is 8.00. The van der Waals surface area contributed by atoms with E-state index >= 15 is 0 Å². The van der Waals surface area contributed by atoms with Crippen LogP contribution in [0.3, 0.4) is 0 Å². The Labute approximate surface area is 160 Å². The van der Waals surface area contributed by atoms with Gasteiger partial charge in [0.15, 0.2) is 5.16 Å². The Kier molecular flexibility index (Phi) is 5.83. The number of nitrogens with one attached hydrogen (secondary N) is 1. The molecule has 2 aromatic rings. The Morgan fingerprint density at radius 2 is 2.19 bits per heavy atom. The Morgan fingerprint density at radius 3 is 2.85 bits per heavy atom. The van der Waals surface area contributed by atoms with E-state index in [0.717, 1.165) is 18.7 Å². The van der Waals surface area contributed by atoms with Crippen LogP contribution in [0.25, 0.3) is 0 Å². The molecule has 0 saturated heterocycles. The summed E-state index contributed by atoms with van der Waals surface area (Å²) >= 11 is 7.25. The van der Waals surface area contributed by atoms with Crippen LogP contribution in [0.2, 0.25) is 5.02 Å². The van der Waals surface area contributed by atoms with Gasteiger partial charge in [0.25, 0.3) is 0 Å². The van der Waals surface area contributed by atoms with E-state index in [4.69, 9.17) is 17.3 Å². The first-order valence-corrected chi connectivity index (χ1v) is 9.64. The Hall–Kier alpha value is -2.06. The van der Waals surface area contributed by atoms with Crippen LogP contribution in [0.5, 0.6) is 0 Å². The number of carbonyl (C=O) groups is 2. The molecule has 0 bridgehead atoms. The molecule has 9 heteroatoms. The predicted octanol–water partition coefficient (Wildman–Crippen LogP) is 2.80. The molecule has 0 aliphatic heterocycles. The largest absolute Gasteiger partial charge is 0.370 e. The average molecular weight is 394 g/mol. The molecule has 3 rings (SSSR count). The molecule has 1 atom stereocenters. The molecular formula is C17H20ClN5O2S. The van der Waals surface area contributed by atoms with Crippen LogP contribution in [-0.4, -0.2) is 31.8 Å². The lowest BCUT2D eigenvalue weighted by atomic mass is 10.3. The fourth-order valence-corrected chi connectivity index (χ4v) is 3.56. The topological polar surface area (TPSA) is 103 Å². The number of amides is 2. The van der Waals surface area contributed by atoms with Crippen LogP contribution in [0, 0.1) is 0 Å². The lowest BCUT2D eigenvalue weighted by Crippen LogP contribution is -2.23. The number of benzene rings is 1. The third-order valence-corrected chi connectivity index (χ3v) is 5.33. The van der Waals surface area contributed by atoms with Gasteiger partial charge in [-0.25, -0.2) is 0 Å². The normalized spacial score (nSPS) is 14.8. The summed E-state index contributed by atoms with van der Waals surface area (Å²) in [5, 5.41) is 12.1. The fourth-order valence-electron chi connectivity index (χ4n) is 2.48. The summed E-state index contributed by atoms with van der Waals surface area (Å²) in [6, 6.07) is 6.99. The monoisotopic (exact) mass is 393 g/mol. The van der Waals surface area contributed by atoms with Crippen LogP contribution in [0.1, 0.15) is 37.9 Å². The summed E-state index contributed by atoms with van der Waals surface area (Å²) in [4.78, 5) is 23.6. The number of halogens is 1. The quantitative estimate of drug-likeness (QED) is 0.671. The number of nitrogens with two attached hydrogens (primary N) is 1. The van der Waals surface area contributed by atoms with E-state index in [1.54, 1.807) is 31.2 Å². The Bertz CT molecular complexity index is 821. The van der Waals surface area contributed by atoms with E-state index in [1.165, 1.54) is 11.8 Å². The number of thioether (sulfide) groups is 1. The summed E-state index contributed by atoms with van der Waals surface area (Å²) < 4.78 is 1.91. The van der Waals surface area contributed by atoms with Crippen molar-refractivity contribution < 1.29 is 9.59 Å². The molecule has 3 N–H and O–H groups in total. The van der Waals surface area contributed by atoms with Crippen molar-refractivity contribution in [2.75, 3.05) is 5.32 Å². The third kappa shape index (κ3) is 4.76. The number of nitrogens with zero attached hydrogens (tertiary/aromatic N) is 3. The van der Waals surface area contributed by atoms with Crippen LogP contribution in [-0.2, 0) is 16.1 Å². The summed E-state index contributed by atoms with van der Waals surface area (Å²) in [5.74, 6) is 0.731. The molecule has 0 radical (unpaired) electrons. The summed E-state index contributed by atoms with van der Waals surface area (Å²) in [6.07, 6.45) is 2.36. The third-order valence-electron chi connectivity index (χ3n) is 4.01. The standard InChI is InChI=1S/C17H20ClN5O2S/c1-10(16(25)20-13-4-2-3-12(18)9-13)26-17-22-21-15(11-5-6-11)23(17)8-7-14(19)24/h2-4,9-11H,5-8H2,1H3,(H2,19,24)(H,20,25). The molecule has 0 spiro atoms. The molecule has 1 aromatic carbocycles. The molecule has 7 nitrogen and oxygen atoms in total. The van der Waals surface area contributed by atoms with E-state index in [9.17, 15) is 9.59 Å². The SMILES string of the molecule is CC(Sc1nnc(C2CC2)n1CCC(N)=O)C(=O)Nc1cccc(Cl)c1. The van der Waals surface area contributed by atoms with E-state index in [1.807, 2.05) is 4.57 Å². The maximum absolute atomic E-state index is 12.5. The van der Waals surface area contributed by atoms with Crippen molar-refractivity contribution in [3.63, 3.8) is 0 Å². The number of aromatic nitrogens is 3. The van der Waals surface area contributed by atoms with E-state index < -0.39 is 5.25 Å². The van der Waals surface area contributed by atoms with Gasteiger partial charge in [0, 0.05) is 29.6 Å². The van der Waals surface area contributed by atoms with Gasteiger partial charge in [-0.3, -0.25) is 9.59 Å². The van der Waals surface area contributed by atoms with Gasteiger partial charge in [0.05, 0.1) is 5.25 Å². The van der Waals surface area contributed by atoms with E-state index in [0.29, 0.717) is 28.3 Å². The highest BCUT2D eigenvalue weighted by Crippen LogP contribution is 2.40. The number of primary amides is 1. The molecule has 2 amide bonds. The fraction of sp³-hybridized carbons (Fsp3) is 0.412. The van der Waals surface area contributed by atoms with Crippen molar-refractivity contribution in [2.45, 2.75) is 49.1 Å². The first-order valence-electron chi connectivity index (χ1n) is 8.38. The van der Waals surface area contributed by atoms with Crippen molar-refractivity contribution in [1.82, 2.24) is 14.8 Å². The molecule has 1 heterocycles. The number of carbonyl (C=O) groups excluding carboxylic acids is 2. The van der Waals surface area contributed by atoms with Gasteiger partial charge < -0.3 is 15.6 Å². The zero-order valence-corrected chi connectivity index (χ0v) is 15.9. The molecule has 26 heavy (non-hydrogen) atoms. The number of hydrogen-bond donors (Lipinski definition) is 2. The number of hydrogen-bond acceptors (Lipinski definition) is 5.